The molecule has 2 aromatic carbocycles. The maximum absolute atomic E-state index is 13.1. The molecule has 0 saturated heterocycles. The first-order chi connectivity index (χ1) is 12.9. The quantitative estimate of drug-likeness (QED) is 0.720. The van der Waals surface area contributed by atoms with Crippen LogP contribution in [0.15, 0.2) is 54.6 Å². The Morgan fingerprint density at radius 2 is 1.78 bits per heavy atom. The molecule has 3 rings (SSSR count). The molecule has 0 aromatic heterocycles. The summed E-state index contributed by atoms with van der Waals surface area (Å²) in [5, 5.41) is 7.52. The number of halogens is 2. The van der Waals surface area contributed by atoms with Crippen molar-refractivity contribution >= 4 is 29.1 Å². The van der Waals surface area contributed by atoms with E-state index in [9.17, 15) is 23.2 Å². The molecule has 1 aliphatic heterocycles. The molecule has 27 heavy (non-hydrogen) atoms. The zero-order valence-electron chi connectivity index (χ0n) is 14.0. The minimum atomic E-state index is -1.10. The molecule has 0 fully saturated rings. The summed E-state index contributed by atoms with van der Waals surface area (Å²) in [6.45, 7) is 0. The molecule has 1 atom stereocenters. The van der Waals surface area contributed by atoms with Crippen LogP contribution in [-0.2, 0) is 20.8 Å². The van der Waals surface area contributed by atoms with Crippen LogP contribution < -0.4 is 16.0 Å². The third kappa shape index (κ3) is 4.55. The van der Waals surface area contributed by atoms with Crippen LogP contribution in [-0.4, -0.2) is 23.8 Å². The highest BCUT2D eigenvalue weighted by Crippen LogP contribution is 2.21. The average Bonchev–Trinajstić information content (AvgIpc) is 2.64. The second-order valence-electron chi connectivity index (χ2n) is 5.86. The average molecular weight is 371 g/mol. The Labute approximate surface area is 153 Å². The second kappa shape index (κ2) is 7.77. The van der Waals surface area contributed by atoms with E-state index in [0.717, 1.165) is 29.8 Å². The number of carbonyl (C=O) groups is 3. The first kappa shape index (κ1) is 18.2. The van der Waals surface area contributed by atoms with Crippen molar-refractivity contribution in [3.63, 3.8) is 0 Å². The highest BCUT2D eigenvalue weighted by atomic mass is 19.2. The molecule has 0 spiro atoms. The summed E-state index contributed by atoms with van der Waals surface area (Å²) in [4.78, 5) is 35.8. The lowest BCUT2D eigenvalue weighted by molar-refractivity contribution is -0.124. The SMILES string of the molecule is O=C(/C=C/C(=O)NC1Cc2ccccc2NC1=O)Nc1ccc(F)c(F)c1. The van der Waals surface area contributed by atoms with E-state index in [1.54, 1.807) is 12.1 Å². The van der Waals surface area contributed by atoms with E-state index in [0.29, 0.717) is 12.1 Å². The summed E-state index contributed by atoms with van der Waals surface area (Å²) in [6, 6.07) is 9.38. The van der Waals surface area contributed by atoms with Crippen LogP contribution >= 0.6 is 0 Å². The van der Waals surface area contributed by atoms with Crippen LogP contribution in [0.25, 0.3) is 0 Å². The van der Waals surface area contributed by atoms with Crippen molar-refractivity contribution in [2.45, 2.75) is 12.5 Å². The maximum atomic E-state index is 13.1. The molecule has 1 aliphatic rings. The van der Waals surface area contributed by atoms with Crippen molar-refractivity contribution in [3.8, 4) is 0 Å². The van der Waals surface area contributed by atoms with Gasteiger partial charge in [-0.3, -0.25) is 14.4 Å². The van der Waals surface area contributed by atoms with Gasteiger partial charge >= 0.3 is 0 Å². The van der Waals surface area contributed by atoms with Crippen molar-refractivity contribution in [1.29, 1.82) is 0 Å². The number of para-hydroxylation sites is 1. The van der Waals surface area contributed by atoms with E-state index < -0.39 is 29.5 Å². The maximum Gasteiger partial charge on any atom is 0.248 e. The fourth-order valence-corrected chi connectivity index (χ4v) is 2.60. The molecule has 0 radical (unpaired) electrons. The molecule has 0 saturated carbocycles. The van der Waals surface area contributed by atoms with Gasteiger partial charge in [0.25, 0.3) is 0 Å². The van der Waals surface area contributed by atoms with Crippen LogP contribution in [0.3, 0.4) is 0 Å². The summed E-state index contributed by atoms with van der Waals surface area (Å²) in [6.07, 6.45) is 2.23. The Morgan fingerprint density at radius 3 is 2.56 bits per heavy atom. The van der Waals surface area contributed by atoms with Crippen molar-refractivity contribution in [2.75, 3.05) is 10.6 Å². The van der Waals surface area contributed by atoms with Gasteiger partial charge in [-0.25, -0.2) is 8.78 Å². The number of nitrogens with one attached hydrogen (secondary N) is 3. The molecule has 1 heterocycles. The Hall–Kier alpha value is -3.55. The predicted octanol–water partition coefficient (Wildman–Crippen LogP) is 2.14. The van der Waals surface area contributed by atoms with Gasteiger partial charge in [-0.1, -0.05) is 18.2 Å². The van der Waals surface area contributed by atoms with Gasteiger partial charge in [0, 0.05) is 36.0 Å². The molecule has 6 nitrogen and oxygen atoms in total. The van der Waals surface area contributed by atoms with Gasteiger partial charge in [0.1, 0.15) is 6.04 Å². The van der Waals surface area contributed by atoms with Gasteiger partial charge in [-0.2, -0.15) is 0 Å². The minimum Gasteiger partial charge on any atom is -0.340 e. The van der Waals surface area contributed by atoms with Gasteiger partial charge in [0.2, 0.25) is 17.7 Å². The molecule has 138 valence electrons. The summed E-state index contributed by atoms with van der Waals surface area (Å²) < 4.78 is 25.9. The van der Waals surface area contributed by atoms with Gasteiger partial charge in [0.15, 0.2) is 11.6 Å². The summed E-state index contributed by atoms with van der Waals surface area (Å²) in [7, 11) is 0. The zero-order chi connectivity index (χ0) is 19.4. The first-order valence-electron chi connectivity index (χ1n) is 8.06. The molecule has 2 aromatic rings. The van der Waals surface area contributed by atoms with E-state index in [2.05, 4.69) is 16.0 Å². The Balaban J connectivity index is 1.56. The Kier molecular flexibility index (Phi) is 5.25. The van der Waals surface area contributed by atoms with Crippen LogP contribution in [0.2, 0.25) is 0 Å². The number of rotatable bonds is 4. The second-order valence-corrected chi connectivity index (χ2v) is 5.86. The van der Waals surface area contributed by atoms with E-state index in [4.69, 9.17) is 0 Å². The third-order valence-electron chi connectivity index (χ3n) is 3.91. The molecular formula is C19H15F2N3O3. The number of fused-ring (bicyclic) bond motifs is 1. The van der Waals surface area contributed by atoms with Crippen LogP contribution in [0.5, 0.6) is 0 Å². The highest BCUT2D eigenvalue weighted by Gasteiger charge is 2.26. The molecule has 0 aliphatic carbocycles. The standard InChI is InChI=1S/C19H15F2N3O3/c20-13-6-5-12(10-14(13)21)22-17(25)7-8-18(26)23-16-9-11-3-1-2-4-15(11)24-19(16)27/h1-8,10,16H,9H2,(H,22,25)(H,23,26)(H,24,27)/b8-7+. The van der Waals surface area contributed by atoms with E-state index in [-0.39, 0.29) is 11.6 Å². The third-order valence-corrected chi connectivity index (χ3v) is 3.91. The summed E-state index contributed by atoms with van der Waals surface area (Å²) >= 11 is 0. The van der Waals surface area contributed by atoms with Crippen molar-refractivity contribution in [2.24, 2.45) is 0 Å². The monoisotopic (exact) mass is 371 g/mol. The minimum absolute atomic E-state index is 0.0484. The van der Waals surface area contributed by atoms with E-state index >= 15 is 0 Å². The van der Waals surface area contributed by atoms with Gasteiger partial charge in [-0.05, 0) is 23.8 Å². The molecule has 8 heteroatoms. The smallest absolute Gasteiger partial charge is 0.248 e. The zero-order valence-corrected chi connectivity index (χ0v) is 14.0. The molecule has 0 bridgehead atoms. The number of benzene rings is 2. The lowest BCUT2D eigenvalue weighted by Gasteiger charge is -2.24. The van der Waals surface area contributed by atoms with E-state index in [1.807, 2.05) is 12.1 Å². The van der Waals surface area contributed by atoms with Gasteiger partial charge < -0.3 is 16.0 Å². The van der Waals surface area contributed by atoms with Crippen molar-refractivity contribution < 1.29 is 23.2 Å². The van der Waals surface area contributed by atoms with E-state index in [1.165, 1.54) is 6.07 Å². The lowest BCUT2D eigenvalue weighted by atomic mass is 9.99. The largest absolute Gasteiger partial charge is 0.340 e. The first-order valence-corrected chi connectivity index (χ1v) is 8.06. The van der Waals surface area contributed by atoms with Crippen molar-refractivity contribution in [3.05, 3.63) is 71.8 Å². The predicted molar refractivity (Wildman–Crippen MR) is 94.8 cm³/mol. The van der Waals surface area contributed by atoms with Gasteiger partial charge in [0.05, 0.1) is 0 Å². The fraction of sp³-hybridized carbons (Fsp3) is 0.105. The number of anilines is 2. The molecule has 1 unspecified atom stereocenters. The lowest BCUT2D eigenvalue weighted by Crippen LogP contribution is -2.47. The number of hydrogen-bond acceptors (Lipinski definition) is 3. The normalized spacial score (nSPS) is 15.8. The number of hydrogen-bond donors (Lipinski definition) is 3. The topological polar surface area (TPSA) is 87.3 Å². The molecule has 3 amide bonds. The van der Waals surface area contributed by atoms with Crippen LogP contribution in [0.1, 0.15) is 5.56 Å². The van der Waals surface area contributed by atoms with Crippen LogP contribution in [0, 0.1) is 11.6 Å². The molecule has 3 N–H and O–H groups in total. The van der Waals surface area contributed by atoms with Gasteiger partial charge in [-0.15, -0.1) is 0 Å². The highest BCUT2D eigenvalue weighted by molar-refractivity contribution is 6.05. The fourth-order valence-electron chi connectivity index (χ4n) is 2.60. The molecular weight excluding hydrogens is 356 g/mol. The Morgan fingerprint density at radius 1 is 1.04 bits per heavy atom. The number of carbonyl (C=O) groups excluding carboxylic acids is 3. The summed E-state index contributed by atoms with van der Waals surface area (Å²) in [5.74, 6) is -3.81. The number of amides is 3. The van der Waals surface area contributed by atoms with Crippen LogP contribution in [0.4, 0.5) is 20.2 Å². The Bertz CT molecular complexity index is 944. The summed E-state index contributed by atoms with van der Waals surface area (Å²) in [5.41, 5.74) is 1.64. The van der Waals surface area contributed by atoms with Crippen molar-refractivity contribution in [1.82, 2.24) is 5.32 Å².